The molecule has 0 aromatic rings. The lowest BCUT2D eigenvalue weighted by Gasteiger charge is -2.14. The summed E-state index contributed by atoms with van der Waals surface area (Å²) in [6.07, 6.45) is 0.439. The van der Waals surface area contributed by atoms with Gasteiger partial charge in [0.25, 0.3) is 0 Å². The molecule has 0 radical (unpaired) electrons. The van der Waals surface area contributed by atoms with E-state index in [0.29, 0.717) is 6.42 Å². The van der Waals surface area contributed by atoms with Gasteiger partial charge in [0, 0.05) is 0 Å². The standard InChI is InChI=1S/C7H11BrO4/c1-3-4(7(11)12-2)5(8)6(9)10/h4-5H,3H2,1-2H3,(H,9,10)/t4-,5-/m0/s1. The first-order chi connectivity index (χ1) is 5.54. The molecule has 0 aromatic heterocycles. The van der Waals surface area contributed by atoms with E-state index in [0.717, 1.165) is 0 Å². The van der Waals surface area contributed by atoms with Crippen molar-refractivity contribution in [2.24, 2.45) is 5.92 Å². The number of aliphatic carboxylic acids is 1. The summed E-state index contributed by atoms with van der Waals surface area (Å²) in [4.78, 5) is 20.6. The van der Waals surface area contributed by atoms with Crippen LogP contribution in [0, 0.1) is 5.92 Å². The van der Waals surface area contributed by atoms with Crippen molar-refractivity contribution in [1.82, 2.24) is 0 Å². The molecule has 0 rings (SSSR count). The molecule has 0 aromatic carbocycles. The van der Waals surface area contributed by atoms with Crippen molar-refractivity contribution in [3.8, 4) is 0 Å². The van der Waals surface area contributed by atoms with Gasteiger partial charge in [0.2, 0.25) is 0 Å². The molecule has 5 heteroatoms. The highest BCUT2D eigenvalue weighted by Crippen LogP contribution is 2.18. The molecule has 0 saturated heterocycles. The number of carbonyl (C=O) groups excluding carboxylic acids is 1. The van der Waals surface area contributed by atoms with Gasteiger partial charge in [-0.25, -0.2) is 0 Å². The molecule has 2 atom stereocenters. The van der Waals surface area contributed by atoms with Crippen LogP contribution in [0.3, 0.4) is 0 Å². The third kappa shape index (κ3) is 2.81. The molecule has 0 aliphatic rings. The van der Waals surface area contributed by atoms with Crippen LogP contribution in [0.4, 0.5) is 0 Å². The molecular formula is C7H11BrO4. The van der Waals surface area contributed by atoms with E-state index in [-0.39, 0.29) is 0 Å². The molecule has 0 saturated carbocycles. The summed E-state index contributed by atoms with van der Waals surface area (Å²) in [6, 6.07) is 0. The maximum absolute atomic E-state index is 11.0. The molecular weight excluding hydrogens is 228 g/mol. The second kappa shape index (κ2) is 5.13. The zero-order chi connectivity index (χ0) is 9.72. The molecule has 1 N–H and O–H groups in total. The first-order valence-electron chi connectivity index (χ1n) is 3.49. The van der Waals surface area contributed by atoms with Gasteiger partial charge in [0.05, 0.1) is 13.0 Å². The van der Waals surface area contributed by atoms with Gasteiger partial charge in [-0.15, -0.1) is 0 Å². The van der Waals surface area contributed by atoms with E-state index in [1.165, 1.54) is 7.11 Å². The number of carbonyl (C=O) groups is 2. The van der Waals surface area contributed by atoms with Crippen molar-refractivity contribution in [3.63, 3.8) is 0 Å². The van der Waals surface area contributed by atoms with Gasteiger partial charge in [-0.05, 0) is 6.42 Å². The first-order valence-corrected chi connectivity index (χ1v) is 4.40. The Kier molecular flexibility index (Phi) is 4.89. The van der Waals surface area contributed by atoms with E-state index in [9.17, 15) is 9.59 Å². The minimum atomic E-state index is -1.05. The maximum Gasteiger partial charge on any atom is 0.318 e. The van der Waals surface area contributed by atoms with Crippen molar-refractivity contribution in [3.05, 3.63) is 0 Å². The van der Waals surface area contributed by atoms with Crippen LogP contribution in [-0.4, -0.2) is 29.0 Å². The maximum atomic E-state index is 11.0. The molecule has 0 aliphatic carbocycles. The Morgan fingerprint density at radius 2 is 2.08 bits per heavy atom. The number of esters is 1. The smallest absolute Gasteiger partial charge is 0.318 e. The number of carboxylic acids is 1. The fourth-order valence-electron chi connectivity index (χ4n) is 0.817. The average Bonchev–Trinajstić information content (AvgIpc) is 2.05. The Hall–Kier alpha value is -0.580. The SMILES string of the molecule is CC[C@H](C(=O)OC)[C@H](Br)C(=O)O. The Bertz CT molecular complexity index is 180. The summed E-state index contributed by atoms with van der Waals surface area (Å²) >= 11 is 2.91. The second-order valence-corrected chi connectivity index (χ2v) is 3.26. The van der Waals surface area contributed by atoms with Crippen molar-refractivity contribution in [2.75, 3.05) is 7.11 Å². The van der Waals surface area contributed by atoms with Crippen LogP contribution in [0.5, 0.6) is 0 Å². The Balaban J connectivity index is 4.33. The van der Waals surface area contributed by atoms with E-state index in [1.807, 2.05) is 0 Å². The van der Waals surface area contributed by atoms with Gasteiger partial charge in [-0.2, -0.15) is 0 Å². The van der Waals surface area contributed by atoms with Gasteiger partial charge in [0.15, 0.2) is 0 Å². The molecule has 0 heterocycles. The van der Waals surface area contributed by atoms with E-state index in [2.05, 4.69) is 20.7 Å². The van der Waals surface area contributed by atoms with Crippen molar-refractivity contribution < 1.29 is 19.4 Å². The number of ether oxygens (including phenoxy) is 1. The summed E-state index contributed by atoms with van der Waals surface area (Å²) in [5.41, 5.74) is 0. The number of methoxy groups -OCH3 is 1. The zero-order valence-electron chi connectivity index (χ0n) is 6.91. The second-order valence-electron chi connectivity index (χ2n) is 2.28. The third-order valence-electron chi connectivity index (χ3n) is 1.53. The van der Waals surface area contributed by atoms with Gasteiger partial charge in [0.1, 0.15) is 4.83 Å². The summed E-state index contributed by atoms with van der Waals surface area (Å²) in [7, 11) is 1.24. The molecule has 0 bridgehead atoms. The van der Waals surface area contributed by atoms with E-state index < -0.39 is 22.7 Å². The number of alkyl halides is 1. The van der Waals surface area contributed by atoms with Crippen LogP contribution in [0.2, 0.25) is 0 Å². The minimum Gasteiger partial charge on any atom is -0.480 e. The fourth-order valence-corrected chi connectivity index (χ4v) is 1.41. The summed E-state index contributed by atoms with van der Waals surface area (Å²) in [5.74, 6) is -2.17. The minimum absolute atomic E-state index is 0.439. The predicted molar refractivity (Wildman–Crippen MR) is 46.1 cm³/mol. The van der Waals surface area contributed by atoms with Crippen molar-refractivity contribution >= 4 is 27.9 Å². The Morgan fingerprint density at radius 3 is 2.33 bits per heavy atom. The molecule has 12 heavy (non-hydrogen) atoms. The van der Waals surface area contributed by atoms with Gasteiger partial charge >= 0.3 is 11.9 Å². The number of hydrogen-bond donors (Lipinski definition) is 1. The van der Waals surface area contributed by atoms with Crippen LogP contribution in [0.15, 0.2) is 0 Å². The monoisotopic (exact) mass is 238 g/mol. The number of halogens is 1. The Labute approximate surface area is 79.0 Å². The van der Waals surface area contributed by atoms with Crippen LogP contribution in [-0.2, 0) is 14.3 Å². The summed E-state index contributed by atoms with van der Waals surface area (Å²) < 4.78 is 4.44. The van der Waals surface area contributed by atoms with Gasteiger partial charge in [-0.3, -0.25) is 9.59 Å². The third-order valence-corrected chi connectivity index (χ3v) is 2.56. The lowest BCUT2D eigenvalue weighted by atomic mass is 10.0. The number of rotatable bonds is 4. The predicted octanol–water partition coefficient (Wildman–Crippen LogP) is 1.03. The van der Waals surface area contributed by atoms with Crippen LogP contribution in [0.1, 0.15) is 13.3 Å². The summed E-state index contributed by atoms with van der Waals surface area (Å²) in [6.45, 7) is 1.73. The van der Waals surface area contributed by atoms with E-state index >= 15 is 0 Å². The zero-order valence-corrected chi connectivity index (χ0v) is 8.50. The quantitative estimate of drug-likeness (QED) is 0.587. The highest BCUT2D eigenvalue weighted by molar-refractivity contribution is 9.10. The lowest BCUT2D eigenvalue weighted by Crippen LogP contribution is -2.30. The average molecular weight is 239 g/mol. The van der Waals surface area contributed by atoms with E-state index in [1.54, 1.807) is 6.92 Å². The lowest BCUT2D eigenvalue weighted by molar-refractivity contribution is -0.150. The summed E-state index contributed by atoms with van der Waals surface area (Å²) in [5, 5.41) is 8.57. The normalized spacial score (nSPS) is 14.9. The van der Waals surface area contributed by atoms with Crippen LogP contribution < -0.4 is 0 Å². The molecule has 0 spiro atoms. The number of carboxylic acid groups (broad SMARTS) is 1. The fraction of sp³-hybridized carbons (Fsp3) is 0.714. The van der Waals surface area contributed by atoms with E-state index in [4.69, 9.17) is 5.11 Å². The molecule has 70 valence electrons. The highest BCUT2D eigenvalue weighted by Gasteiger charge is 2.30. The molecule has 4 nitrogen and oxygen atoms in total. The topological polar surface area (TPSA) is 63.6 Å². The highest BCUT2D eigenvalue weighted by atomic mass is 79.9. The molecule has 0 amide bonds. The molecule has 0 aliphatic heterocycles. The van der Waals surface area contributed by atoms with Crippen molar-refractivity contribution in [2.45, 2.75) is 18.2 Å². The van der Waals surface area contributed by atoms with Gasteiger partial charge in [-0.1, -0.05) is 22.9 Å². The van der Waals surface area contributed by atoms with Crippen molar-refractivity contribution in [1.29, 1.82) is 0 Å². The Morgan fingerprint density at radius 1 is 1.58 bits per heavy atom. The van der Waals surface area contributed by atoms with Crippen LogP contribution >= 0.6 is 15.9 Å². The van der Waals surface area contributed by atoms with Crippen LogP contribution in [0.25, 0.3) is 0 Å². The number of hydrogen-bond acceptors (Lipinski definition) is 3. The first kappa shape index (κ1) is 11.4. The largest absolute Gasteiger partial charge is 0.480 e. The molecule has 0 unspecified atom stereocenters. The molecule has 0 fully saturated rings. The van der Waals surface area contributed by atoms with Gasteiger partial charge < -0.3 is 9.84 Å².